The van der Waals surface area contributed by atoms with Crippen LogP contribution in [0.2, 0.25) is 0 Å². The van der Waals surface area contributed by atoms with E-state index < -0.39 is 11.5 Å². The lowest BCUT2D eigenvalue weighted by Crippen LogP contribution is -2.47. The number of allylic oxidation sites excluding steroid dienone is 3. The number of alkyl halides is 2. The molecule has 2 nitrogen and oxygen atoms in total. The molecule has 2 N–H and O–H groups in total. The monoisotopic (exact) mass is 436 g/mol. The average molecular weight is 437 g/mol. The number of aliphatic hydroxyl groups excluding tert-OH is 1. The van der Waals surface area contributed by atoms with Crippen molar-refractivity contribution in [1.29, 1.82) is 0 Å². The van der Waals surface area contributed by atoms with E-state index in [0.717, 1.165) is 32.1 Å². The molecular weight excluding hydrogens is 394 g/mol. The Bertz CT molecular complexity index is 764. The van der Waals surface area contributed by atoms with E-state index in [2.05, 4.69) is 32.9 Å². The van der Waals surface area contributed by atoms with Crippen molar-refractivity contribution in [2.24, 2.45) is 34.5 Å². The van der Waals surface area contributed by atoms with Gasteiger partial charge < -0.3 is 10.2 Å². The van der Waals surface area contributed by atoms with Crippen LogP contribution in [0.5, 0.6) is 0 Å². The number of fused-ring (bicyclic) bond motifs is 5. The Labute approximate surface area is 187 Å². The predicted octanol–water partition coefficient (Wildman–Crippen LogP) is 6.67. The summed E-state index contributed by atoms with van der Waals surface area (Å²) in [5, 5.41) is 20.0. The third kappa shape index (κ3) is 3.74. The van der Waals surface area contributed by atoms with Crippen molar-refractivity contribution < 1.29 is 19.0 Å². The number of rotatable bonds is 5. The molecule has 0 aromatic carbocycles. The molecule has 0 aromatic heterocycles. The Kier molecular flexibility index (Phi) is 5.78. The molecule has 4 rings (SSSR count). The molecule has 4 heteroatoms. The Morgan fingerprint density at radius 2 is 1.77 bits per heavy atom. The molecule has 0 aliphatic heterocycles. The van der Waals surface area contributed by atoms with Crippen molar-refractivity contribution in [2.45, 2.75) is 110 Å². The first-order chi connectivity index (χ1) is 14.3. The molecule has 0 radical (unpaired) electrons. The fourth-order valence-corrected chi connectivity index (χ4v) is 7.87. The van der Waals surface area contributed by atoms with Crippen molar-refractivity contribution in [3.05, 3.63) is 23.3 Å². The second kappa shape index (κ2) is 7.65. The minimum absolute atomic E-state index is 0.182. The Morgan fingerprint density at radius 3 is 2.45 bits per heavy atom. The summed E-state index contributed by atoms with van der Waals surface area (Å²) in [6.07, 6.45) is 12.1. The maximum absolute atomic E-state index is 14.4. The van der Waals surface area contributed by atoms with Gasteiger partial charge in [-0.25, -0.2) is 8.78 Å². The number of hydrogen-bond donors (Lipinski definition) is 2. The Balaban J connectivity index is 1.52. The summed E-state index contributed by atoms with van der Waals surface area (Å²) >= 11 is 0. The first kappa shape index (κ1) is 23.4. The van der Waals surface area contributed by atoms with Crippen molar-refractivity contribution in [3.63, 3.8) is 0 Å². The van der Waals surface area contributed by atoms with Crippen LogP contribution in [0.15, 0.2) is 23.3 Å². The highest BCUT2D eigenvalue weighted by molar-refractivity contribution is 5.38. The third-order valence-corrected chi connectivity index (χ3v) is 10.1. The largest absolute Gasteiger partial charge is 0.393 e. The van der Waals surface area contributed by atoms with E-state index in [9.17, 15) is 19.0 Å². The molecule has 0 aromatic rings. The molecule has 31 heavy (non-hydrogen) atoms. The van der Waals surface area contributed by atoms with Crippen molar-refractivity contribution in [3.8, 4) is 0 Å². The molecule has 0 bridgehead atoms. The van der Waals surface area contributed by atoms with Crippen LogP contribution in [-0.4, -0.2) is 27.8 Å². The molecule has 0 amide bonds. The molecule has 7 atom stereocenters. The normalized spacial score (nSPS) is 41.6. The van der Waals surface area contributed by atoms with Gasteiger partial charge in [-0.3, -0.25) is 0 Å². The first-order valence-electron chi connectivity index (χ1n) is 12.5. The maximum Gasteiger partial charge on any atom is 0.275 e. The van der Waals surface area contributed by atoms with Gasteiger partial charge in [-0.2, -0.15) is 0 Å². The molecule has 3 saturated carbocycles. The van der Waals surface area contributed by atoms with Crippen LogP contribution >= 0.6 is 0 Å². The van der Waals surface area contributed by atoms with E-state index in [0.29, 0.717) is 24.2 Å². The quantitative estimate of drug-likeness (QED) is 0.505. The summed E-state index contributed by atoms with van der Waals surface area (Å²) in [6, 6.07) is 0. The number of halogens is 2. The summed E-state index contributed by atoms with van der Waals surface area (Å²) in [4.78, 5) is 0. The summed E-state index contributed by atoms with van der Waals surface area (Å²) in [5.41, 5.74) is 1.44. The molecule has 0 spiro atoms. The van der Waals surface area contributed by atoms with E-state index in [4.69, 9.17) is 0 Å². The molecule has 3 fully saturated rings. The van der Waals surface area contributed by atoms with E-state index in [1.54, 1.807) is 5.57 Å². The van der Waals surface area contributed by atoms with Gasteiger partial charge in [0, 0.05) is 6.42 Å². The Hall–Kier alpha value is -0.740. The van der Waals surface area contributed by atoms with Crippen LogP contribution in [0.4, 0.5) is 8.78 Å². The lowest BCUT2D eigenvalue weighted by Gasteiger charge is -2.55. The highest BCUT2D eigenvalue weighted by Crippen LogP contribution is 2.66. The molecule has 0 heterocycles. The van der Waals surface area contributed by atoms with Gasteiger partial charge in [-0.1, -0.05) is 44.1 Å². The lowest BCUT2D eigenvalue weighted by atomic mass is 9.50. The van der Waals surface area contributed by atoms with Crippen LogP contribution in [0.3, 0.4) is 0 Å². The molecule has 4 aliphatic rings. The standard InChI is InChI=1S/C27H42F2O2/c1-17(10-15-27(28,29)24(2,3)31)21-8-9-22-20-7-6-18-16-19(30)11-13-25(18,4)23(20)12-14-26(21,22)5/h6-7,17,19,21-23,30-31H,8-16H2,1-5H3/t17-,19+,21-,22+,23+,25+,26-/m1/s1. The fraction of sp³-hybridized carbons (Fsp3) is 0.852. The zero-order valence-electron chi connectivity index (χ0n) is 20.1. The van der Waals surface area contributed by atoms with Gasteiger partial charge in [0.15, 0.2) is 0 Å². The van der Waals surface area contributed by atoms with E-state index in [-0.39, 0.29) is 29.3 Å². The van der Waals surface area contributed by atoms with Gasteiger partial charge in [0.2, 0.25) is 0 Å². The van der Waals surface area contributed by atoms with Crippen LogP contribution in [0.1, 0.15) is 92.4 Å². The van der Waals surface area contributed by atoms with E-state index in [1.807, 2.05) is 0 Å². The van der Waals surface area contributed by atoms with Crippen LogP contribution < -0.4 is 0 Å². The predicted molar refractivity (Wildman–Crippen MR) is 121 cm³/mol. The summed E-state index contributed by atoms with van der Waals surface area (Å²) in [5.74, 6) is -1.23. The lowest BCUT2D eigenvalue weighted by molar-refractivity contribution is -0.168. The molecule has 0 unspecified atom stereocenters. The number of hydrogen-bond acceptors (Lipinski definition) is 2. The van der Waals surface area contributed by atoms with E-state index in [1.165, 1.54) is 32.3 Å². The van der Waals surface area contributed by atoms with Crippen molar-refractivity contribution in [2.75, 3.05) is 0 Å². The zero-order valence-corrected chi connectivity index (χ0v) is 20.1. The second-order valence-electron chi connectivity index (χ2n) is 12.3. The highest BCUT2D eigenvalue weighted by atomic mass is 19.3. The average Bonchev–Trinajstić information content (AvgIpc) is 3.03. The van der Waals surface area contributed by atoms with Gasteiger partial charge in [0.25, 0.3) is 5.92 Å². The van der Waals surface area contributed by atoms with E-state index >= 15 is 0 Å². The van der Waals surface area contributed by atoms with Crippen LogP contribution in [0.25, 0.3) is 0 Å². The minimum atomic E-state index is -3.05. The highest BCUT2D eigenvalue weighted by Gasteiger charge is 2.57. The molecular formula is C27H42F2O2. The van der Waals surface area contributed by atoms with Gasteiger partial charge in [-0.15, -0.1) is 0 Å². The fourth-order valence-electron chi connectivity index (χ4n) is 7.87. The van der Waals surface area contributed by atoms with Crippen LogP contribution in [0, 0.1) is 34.5 Å². The molecule has 176 valence electrons. The van der Waals surface area contributed by atoms with Gasteiger partial charge in [-0.05, 0) is 99.7 Å². The summed E-state index contributed by atoms with van der Waals surface area (Å²) < 4.78 is 28.7. The smallest absolute Gasteiger partial charge is 0.275 e. The zero-order chi connectivity index (χ0) is 22.8. The first-order valence-corrected chi connectivity index (χ1v) is 12.5. The van der Waals surface area contributed by atoms with Crippen molar-refractivity contribution in [1.82, 2.24) is 0 Å². The van der Waals surface area contributed by atoms with Crippen LogP contribution in [-0.2, 0) is 0 Å². The van der Waals surface area contributed by atoms with Gasteiger partial charge >= 0.3 is 0 Å². The van der Waals surface area contributed by atoms with Gasteiger partial charge in [0.05, 0.1) is 6.10 Å². The minimum Gasteiger partial charge on any atom is -0.393 e. The maximum atomic E-state index is 14.4. The summed E-state index contributed by atoms with van der Waals surface area (Å²) in [6.45, 7) is 9.42. The SMILES string of the molecule is C[C@H](CCC(F)(F)C(C)(C)O)[C@H]1CC[C@H]2C3=CC=C4C[C@@H](O)CC[C@]4(C)[C@H]3CC[C@]12C. The van der Waals surface area contributed by atoms with Crippen molar-refractivity contribution >= 4 is 0 Å². The van der Waals surface area contributed by atoms with Gasteiger partial charge in [0.1, 0.15) is 5.60 Å². The third-order valence-electron chi connectivity index (χ3n) is 10.1. The molecule has 0 saturated heterocycles. The topological polar surface area (TPSA) is 40.5 Å². The second-order valence-corrected chi connectivity index (χ2v) is 12.3. The molecule has 4 aliphatic carbocycles. The summed E-state index contributed by atoms with van der Waals surface area (Å²) in [7, 11) is 0. The Morgan fingerprint density at radius 1 is 1.06 bits per heavy atom. The number of aliphatic hydroxyl groups is 2.